The van der Waals surface area contributed by atoms with Crippen molar-refractivity contribution in [2.24, 2.45) is 0 Å². The van der Waals surface area contributed by atoms with Crippen LogP contribution >= 0.6 is 0 Å². The third-order valence-electron chi connectivity index (χ3n) is 5.08. The average Bonchev–Trinajstić information content (AvgIpc) is 3.20. The highest BCUT2D eigenvalue weighted by atomic mass is 19.2. The van der Waals surface area contributed by atoms with Gasteiger partial charge in [0, 0.05) is 13.1 Å². The van der Waals surface area contributed by atoms with Crippen LogP contribution in [-0.2, 0) is 13.0 Å². The maximum atomic E-state index is 13.6. The Balaban J connectivity index is 1.66. The summed E-state index contributed by atoms with van der Waals surface area (Å²) in [5, 5.41) is 14.3. The van der Waals surface area contributed by atoms with Crippen LogP contribution in [0.25, 0.3) is 0 Å². The first-order chi connectivity index (χ1) is 12.0. The summed E-state index contributed by atoms with van der Waals surface area (Å²) in [6.45, 7) is 0.977. The van der Waals surface area contributed by atoms with Crippen LogP contribution in [0.3, 0.4) is 0 Å². The molecule has 1 amide bonds. The summed E-state index contributed by atoms with van der Waals surface area (Å²) in [4.78, 5) is 14.6. The number of amides is 1. The number of carbonyl (C=O) groups is 1. The summed E-state index contributed by atoms with van der Waals surface area (Å²) in [6, 6.07) is 3.15. The second-order valence-electron chi connectivity index (χ2n) is 6.72. The van der Waals surface area contributed by atoms with Gasteiger partial charge in [0.15, 0.2) is 11.6 Å². The number of β-amino-alcohol motifs (C(OH)–C–C–N with tert-alkyl or cyclic N) is 1. The smallest absolute Gasteiger partial charge is 0.257 e. The van der Waals surface area contributed by atoms with Crippen LogP contribution in [0.2, 0.25) is 0 Å². The van der Waals surface area contributed by atoms with Gasteiger partial charge in [-0.2, -0.15) is 5.10 Å². The number of aromatic nitrogens is 2. The van der Waals surface area contributed by atoms with Gasteiger partial charge in [0.2, 0.25) is 0 Å². The van der Waals surface area contributed by atoms with E-state index in [9.17, 15) is 18.7 Å². The van der Waals surface area contributed by atoms with E-state index in [1.54, 1.807) is 11.1 Å². The molecule has 1 fully saturated rings. The highest BCUT2D eigenvalue weighted by molar-refractivity contribution is 5.95. The van der Waals surface area contributed by atoms with Gasteiger partial charge in [0.1, 0.15) is 0 Å². The third-order valence-corrected chi connectivity index (χ3v) is 5.08. The minimum atomic E-state index is -0.950. The number of carbonyl (C=O) groups excluding carboxylic acids is 1. The molecule has 7 heteroatoms. The zero-order chi connectivity index (χ0) is 17.6. The van der Waals surface area contributed by atoms with Crippen LogP contribution in [0.5, 0.6) is 0 Å². The van der Waals surface area contributed by atoms with Crippen molar-refractivity contribution in [1.82, 2.24) is 14.7 Å². The summed E-state index contributed by atoms with van der Waals surface area (Å²) >= 11 is 0. The molecule has 2 atom stereocenters. The fourth-order valence-electron chi connectivity index (χ4n) is 3.83. The van der Waals surface area contributed by atoms with Gasteiger partial charge in [-0.05, 0) is 43.4 Å². The molecule has 1 aromatic carbocycles. The fourth-order valence-corrected chi connectivity index (χ4v) is 3.83. The fraction of sp³-hybridized carbons (Fsp3) is 0.444. The number of likely N-dealkylation sites (tertiary alicyclic amines) is 1. The quantitative estimate of drug-likeness (QED) is 0.908. The van der Waals surface area contributed by atoms with Crippen LogP contribution in [0.4, 0.5) is 8.78 Å². The van der Waals surface area contributed by atoms with Crippen LogP contribution in [0.1, 0.15) is 46.9 Å². The molecular formula is C18H19F2N3O2. The van der Waals surface area contributed by atoms with Gasteiger partial charge in [0.05, 0.1) is 29.6 Å². The molecule has 0 spiro atoms. The van der Waals surface area contributed by atoms with Crippen molar-refractivity contribution in [2.75, 3.05) is 6.54 Å². The van der Waals surface area contributed by atoms with E-state index in [-0.39, 0.29) is 12.5 Å². The Morgan fingerprint density at radius 1 is 1.24 bits per heavy atom. The van der Waals surface area contributed by atoms with Gasteiger partial charge >= 0.3 is 0 Å². The molecule has 1 N–H and O–H groups in total. The number of rotatable bonds is 2. The Labute approximate surface area is 143 Å². The number of hydrogen-bond donors (Lipinski definition) is 1. The molecule has 0 unspecified atom stereocenters. The van der Waals surface area contributed by atoms with Crippen molar-refractivity contribution < 1.29 is 18.7 Å². The molecule has 2 aliphatic heterocycles. The van der Waals surface area contributed by atoms with Crippen molar-refractivity contribution in [2.45, 2.75) is 44.4 Å². The number of hydrogen-bond acceptors (Lipinski definition) is 3. The lowest BCUT2D eigenvalue weighted by atomic mass is 10.0. The molecule has 0 radical (unpaired) electrons. The number of nitrogens with zero attached hydrogens (tertiary/aromatic N) is 3. The Hall–Kier alpha value is -2.28. The normalized spacial score (nSPS) is 22.9. The lowest BCUT2D eigenvalue weighted by molar-refractivity contribution is 0.0714. The molecular weight excluding hydrogens is 328 g/mol. The molecule has 0 bridgehead atoms. The van der Waals surface area contributed by atoms with E-state index in [1.807, 2.05) is 4.68 Å². The number of halogens is 2. The Morgan fingerprint density at radius 3 is 2.88 bits per heavy atom. The molecule has 2 aromatic rings. The van der Waals surface area contributed by atoms with E-state index >= 15 is 0 Å². The minimum Gasteiger partial charge on any atom is -0.391 e. The minimum absolute atomic E-state index is 0.174. The van der Waals surface area contributed by atoms with E-state index < -0.39 is 23.8 Å². The zero-order valence-corrected chi connectivity index (χ0v) is 13.7. The molecule has 25 heavy (non-hydrogen) atoms. The molecule has 3 heterocycles. The standard InChI is InChI=1S/C18H19F2N3O2/c19-14-5-4-11(7-15(14)20)17-8-12(24)10-22(17)18(25)13-9-21-23-6-2-1-3-16(13)23/h4-5,7,9,12,17,24H,1-3,6,8,10H2/t12-,17+/m0/s1. The molecule has 132 valence electrons. The van der Waals surface area contributed by atoms with E-state index in [1.165, 1.54) is 6.07 Å². The number of aliphatic hydroxyl groups excluding tert-OH is 1. The maximum absolute atomic E-state index is 13.6. The number of aryl methyl sites for hydroxylation is 1. The Morgan fingerprint density at radius 2 is 2.08 bits per heavy atom. The summed E-state index contributed by atoms with van der Waals surface area (Å²) in [7, 11) is 0. The van der Waals surface area contributed by atoms with E-state index in [2.05, 4.69) is 5.10 Å². The maximum Gasteiger partial charge on any atom is 0.257 e. The molecule has 1 saturated heterocycles. The first-order valence-corrected chi connectivity index (χ1v) is 8.53. The van der Waals surface area contributed by atoms with Crippen LogP contribution < -0.4 is 0 Å². The topological polar surface area (TPSA) is 58.4 Å². The first kappa shape index (κ1) is 16.2. The van der Waals surface area contributed by atoms with E-state index in [4.69, 9.17) is 0 Å². The monoisotopic (exact) mass is 347 g/mol. The first-order valence-electron chi connectivity index (χ1n) is 8.53. The molecule has 4 rings (SSSR count). The number of benzene rings is 1. The summed E-state index contributed by atoms with van der Waals surface area (Å²) in [6.07, 6.45) is 4.06. The van der Waals surface area contributed by atoms with Crippen LogP contribution in [-0.4, -0.2) is 38.3 Å². The lowest BCUT2D eigenvalue weighted by Crippen LogP contribution is -2.32. The molecule has 0 aliphatic carbocycles. The highest BCUT2D eigenvalue weighted by Gasteiger charge is 2.37. The third kappa shape index (κ3) is 2.82. The van der Waals surface area contributed by atoms with Gasteiger partial charge < -0.3 is 10.0 Å². The van der Waals surface area contributed by atoms with Gasteiger partial charge in [0.25, 0.3) is 5.91 Å². The Bertz CT molecular complexity index is 821. The van der Waals surface area contributed by atoms with Crippen LogP contribution in [0, 0.1) is 11.6 Å². The second kappa shape index (κ2) is 6.22. The van der Waals surface area contributed by atoms with Crippen molar-refractivity contribution >= 4 is 5.91 Å². The Kier molecular flexibility index (Phi) is 4.03. The van der Waals surface area contributed by atoms with E-state index in [0.29, 0.717) is 17.5 Å². The SMILES string of the molecule is O=C(c1cnn2c1CCCC2)N1C[C@@H](O)C[C@@H]1c1ccc(F)c(F)c1. The molecule has 1 aromatic heterocycles. The number of fused-ring (bicyclic) bond motifs is 1. The van der Waals surface area contributed by atoms with Gasteiger partial charge in [-0.1, -0.05) is 6.07 Å². The predicted molar refractivity (Wildman–Crippen MR) is 85.9 cm³/mol. The second-order valence-corrected chi connectivity index (χ2v) is 6.72. The van der Waals surface area contributed by atoms with Crippen LogP contribution in [0.15, 0.2) is 24.4 Å². The van der Waals surface area contributed by atoms with Gasteiger partial charge in [-0.15, -0.1) is 0 Å². The summed E-state index contributed by atoms with van der Waals surface area (Å²) in [5.41, 5.74) is 1.95. The number of aliphatic hydroxyl groups is 1. The van der Waals surface area contributed by atoms with Crippen molar-refractivity contribution in [3.63, 3.8) is 0 Å². The summed E-state index contributed by atoms with van der Waals surface area (Å²) in [5.74, 6) is -2.09. The molecule has 0 saturated carbocycles. The zero-order valence-electron chi connectivity index (χ0n) is 13.7. The highest BCUT2D eigenvalue weighted by Crippen LogP contribution is 2.34. The average molecular weight is 347 g/mol. The van der Waals surface area contributed by atoms with Crippen molar-refractivity contribution in [1.29, 1.82) is 0 Å². The molecule has 5 nitrogen and oxygen atoms in total. The van der Waals surface area contributed by atoms with Gasteiger partial charge in [-0.3, -0.25) is 9.48 Å². The molecule has 2 aliphatic rings. The van der Waals surface area contributed by atoms with Gasteiger partial charge in [-0.25, -0.2) is 8.78 Å². The predicted octanol–water partition coefficient (Wildman–Crippen LogP) is 2.45. The van der Waals surface area contributed by atoms with E-state index in [0.717, 1.165) is 43.6 Å². The largest absolute Gasteiger partial charge is 0.391 e. The summed E-state index contributed by atoms with van der Waals surface area (Å²) < 4.78 is 28.7. The lowest BCUT2D eigenvalue weighted by Gasteiger charge is -2.25. The van der Waals surface area contributed by atoms with Crippen molar-refractivity contribution in [3.8, 4) is 0 Å². The van der Waals surface area contributed by atoms with Crippen molar-refractivity contribution in [3.05, 3.63) is 52.9 Å².